The van der Waals surface area contributed by atoms with E-state index in [9.17, 15) is 10.1 Å². The first kappa shape index (κ1) is 12.7. The summed E-state index contributed by atoms with van der Waals surface area (Å²) in [5, 5.41) is 12.4. The van der Waals surface area contributed by atoms with E-state index in [1.807, 2.05) is 30.3 Å². The van der Waals surface area contributed by atoms with Gasteiger partial charge >= 0.3 is 5.00 Å². The van der Waals surface area contributed by atoms with Crippen molar-refractivity contribution in [1.82, 2.24) is 5.48 Å². The Balaban J connectivity index is 1.73. The lowest BCUT2D eigenvalue weighted by Gasteiger charge is -2.04. The van der Waals surface area contributed by atoms with E-state index in [0.717, 1.165) is 22.5 Å². The van der Waals surface area contributed by atoms with Crippen LogP contribution in [-0.2, 0) is 18.0 Å². The number of hydroxylamine groups is 1. The maximum atomic E-state index is 10.5. The normalized spacial score (nSPS) is 10.4. The van der Waals surface area contributed by atoms with Gasteiger partial charge in [0.2, 0.25) is 0 Å². The van der Waals surface area contributed by atoms with E-state index >= 15 is 0 Å². The van der Waals surface area contributed by atoms with Gasteiger partial charge in [0.05, 0.1) is 11.5 Å². The zero-order valence-electron chi connectivity index (χ0n) is 9.54. The third kappa shape index (κ3) is 3.63. The molecule has 18 heavy (non-hydrogen) atoms. The molecule has 1 aromatic carbocycles. The number of rotatable bonds is 6. The summed E-state index contributed by atoms with van der Waals surface area (Å²) in [4.78, 5) is 15.4. The Morgan fingerprint density at radius 3 is 2.72 bits per heavy atom. The van der Waals surface area contributed by atoms with Crippen molar-refractivity contribution < 1.29 is 9.76 Å². The van der Waals surface area contributed by atoms with Gasteiger partial charge in [-0.3, -0.25) is 15.0 Å². The van der Waals surface area contributed by atoms with Crippen LogP contribution in [0.3, 0.4) is 0 Å². The van der Waals surface area contributed by atoms with E-state index in [0.29, 0.717) is 13.2 Å². The van der Waals surface area contributed by atoms with Gasteiger partial charge in [0.1, 0.15) is 0 Å². The molecule has 0 saturated carbocycles. The van der Waals surface area contributed by atoms with Crippen molar-refractivity contribution >= 4 is 16.3 Å². The maximum absolute atomic E-state index is 10.5. The third-order valence-corrected chi connectivity index (χ3v) is 3.21. The van der Waals surface area contributed by atoms with E-state index < -0.39 is 0 Å². The molecule has 1 aromatic heterocycles. The number of hydrogen-bond donors (Lipinski definition) is 1. The average Bonchev–Trinajstić information content (AvgIpc) is 2.85. The van der Waals surface area contributed by atoms with E-state index in [2.05, 4.69) is 5.48 Å². The minimum absolute atomic E-state index is 0.148. The SMILES string of the molecule is O=[N+]([O-])c1cc(CNOCc2ccccc2)cs1. The molecule has 0 bridgehead atoms. The molecule has 1 N–H and O–H groups in total. The summed E-state index contributed by atoms with van der Waals surface area (Å²) >= 11 is 1.12. The van der Waals surface area contributed by atoms with Gasteiger partial charge in [-0.1, -0.05) is 41.7 Å². The standard InChI is InChI=1S/C12H12N2O3S/c15-14(16)12-6-11(9-18-12)7-13-17-8-10-4-2-1-3-5-10/h1-6,9,13H,7-8H2. The second-order valence-electron chi connectivity index (χ2n) is 3.65. The van der Waals surface area contributed by atoms with Crippen molar-refractivity contribution in [2.45, 2.75) is 13.2 Å². The number of nitro groups is 1. The fraction of sp³-hybridized carbons (Fsp3) is 0.167. The first-order valence-electron chi connectivity index (χ1n) is 5.36. The largest absolute Gasteiger partial charge is 0.324 e. The lowest BCUT2D eigenvalue weighted by molar-refractivity contribution is -0.380. The number of nitrogens with one attached hydrogen (secondary N) is 1. The second-order valence-corrected chi connectivity index (χ2v) is 4.54. The molecule has 0 unspecified atom stereocenters. The van der Waals surface area contributed by atoms with Gasteiger partial charge in [-0.25, -0.2) is 0 Å². The van der Waals surface area contributed by atoms with Crippen LogP contribution in [0.5, 0.6) is 0 Å². The third-order valence-electron chi connectivity index (χ3n) is 2.28. The van der Waals surface area contributed by atoms with Gasteiger partial charge < -0.3 is 0 Å². The highest BCUT2D eigenvalue weighted by Gasteiger charge is 2.08. The second kappa shape index (κ2) is 6.25. The zero-order chi connectivity index (χ0) is 12.8. The molecule has 0 amide bonds. The summed E-state index contributed by atoms with van der Waals surface area (Å²) in [6, 6.07) is 11.3. The topological polar surface area (TPSA) is 64.4 Å². The summed E-state index contributed by atoms with van der Waals surface area (Å²) in [5.74, 6) is 0. The monoisotopic (exact) mass is 264 g/mol. The van der Waals surface area contributed by atoms with Crippen molar-refractivity contribution in [3.05, 3.63) is 63.0 Å². The molecule has 0 atom stereocenters. The molecule has 0 aliphatic carbocycles. The van der Waals surface area contributed by atoms with Gasteiger partial charge in [-0.2, -0.15) is 5.48 Å². The summed E-state index contributed by atoms with van der Waals surface area (Å²) in [5.41, 5.74) is 4.70. The number of thiophene rings is 1. The highest BCUT2D eigenvalue weighted by Crippen LogP contribution is 2.22. The lowest BCUT2D eigenvalue weighted by atomic mass is 10.2. The first-order chi connectivity index (χ1) is 8.75. The molecule has 5 nitrogen and oxygen atoms in total. The summed E-state index contributed by atoms with van der Waals surface area (Å²) in [7, 11) is 0. The molecule has 0 spiro atoms. The van der Waals surface area contributed by atoms with E-state index in [4.69, 9.17) is 4.84 Å². The Hall–Kier alpha value is -1.76. The van der Waals surface area contributed by atoms with Crippen molar-refractivity contribution in [2.75, 3.05) is 0 Å². The predicted molar refractivity (Wildman–Crippen MR) is 69.0 cm³/mol. The van der Waals surface area contributed by atoms with Crippen LogP contribution in [0.25, 0.3) is 0 Å². The molecule has 2 rings (SSSR count). The highest BCUT2D eigenvalue weighted by molar-refractivity contribution is 7.13. The lowest BCUT2D eigenvalue weighted by Crippen LogP contribution is -2.13. The van der Waals surface area contributed by atoms with Crippen molar-refractivity contribution in [3.63, 3.8) is 0 Å². The van der Waals surface area contributed by atoms with Crippen LogP contribution in [0.1, 0.15) is 11.1 Å². The van der Waals surface area contributed by atoms with Crippen molar-refractivity contribution in [2.24, 2.45) is 0 Å². The molecular weight excluding hydrogens is 252 g/mol. The zero-order valence-corrected chi connectivity index (χ0v) is 10.4. The van der Waals surface area contributed by atoms with Crippen LogP contribution in [0, 0.1) is 10.1 Å². The molecule has 0 fully saturated rings. The quantitative estimate of drug-likeness (QED) is 0.495. The van der Waals surface area contributed by atoms with Crippen LogP contribution in [-0.4, -0.2) is 4.92 Å². The van der Waals surface area contributed by atoms with Gasteiger partial charge in [-0.05, 0) is 11.1 Å². The van der Waals surface area contributed by atoms with E-state index in [1.54, 1.807) is 11.4 Å². The molecule has 6 heteroatoms. The van der Waals surface area contributed by atoms with Crippen molar-refractivity contribution in [1.29, 1.82) is 0 Å². The average molecular weight is 264 g/mol. The fourth-order valence-electron chi connectivity index (χ4n) is 1.39. The number of benzene rings is 1. The van der Waals surface area contributed by atoms with Crippen LogP contribution >= 0.6 is 11.3 Å². The molecular formula is C12H12N2O3S. The smallest absolute Gasteiger partial charge is 0.297 e. The molecule has 0 saturated heterocycles. The first-order valence-corrected chi connectivity index (χ1v) is 6.24. The molecule has 1 heterocycles. The Kier molecular flexibility index (Phi) is 4.40. The predicted octanol–water partition coefficient (Wildman–Crippen LogP) is 2.88. The Bertz CT molecular complexity index is 513. The van der Waals surface area contributed by atoms with Crippen molar-refractivity contribution in [3.8, 4) is 0 Å². The van der Waals surface area contributed by atoms with Gasteiger partial charge in [-0.15, -0.1) is 0 Å². The summed E-state index contributed by atoms with van der Waals surface area (Å²) in [6.45, 7) is 0.921. The maximum Gasteiger partial charge on any atom is 0.324 e. The van der Waals surface area contributed by atoms with Crippen LogP contribution in [0.2, 0.25) is 0 Å². The van der Waals surface area contributed by atoms with E-state index in [1.165, 1.54) is 0 Å². The van der Waals surface area contributed by atoms with Gasteiger partial charge in [0.25, 0.3) is 0 Å². The molecule has 0 radical (unpaired) electrons. The molecule has 0 aliphatic rings. The summed E-state index contributed by atoms with van der Waals surface area (Å²) < 4.78 is 0. The van der Waals surface area contributed by atoms with Gasteiger partial charge in [0.15, 0.2) is 0 Å². The Labute approximate surface area is 108 Å². The van der Waals surface area contributed by atoms with Gasteiger partial charge in [0, 0.05) is 18.0 Å². The Morgan fingerprint density at radius 1 is 1.28 bits per heavy atom. The Morgan fingerprint density at radius 2 is 2.06 bits per heavy atom. The number of nitrogens with zero attached hydrogens (tertiary/aromatic N) is 1. The highest BCUT2D eigenvalue weighted by atomic mass is 32.1. The fourth-order valence-corrected chi connectivity index (χ4v) is 2.12. The summed E-state index contributed by atoms with van der Waals surface area (Å²) in [6.07, 6.45) is 0. The molecule has 0 aliphatic heterocycles. The minimum Gasteiger partial charge on any atom is -0.297 e. The molecule has 2 aromatic rings. The van der Waals surface area contributed by atoms with Crippen LogP contribution in [0.4, 0.5) is 5.00 Å². The molecule has 94 valence electrons. The number of hydrogen-bond acceptors (Lipinski definition) is 5. The van der Waals surface area contributed by atoms with E-state index in [-0.39, 0.29) is 9.92 Å². The van der Waals surface area contributed by atoms with Crippen LogP contribution < -0.4 is 5.48 Å². The van der Waals surface area contributed by atoms with Crippen LogP contribution in [0.15, 0.2) is 41.8 Å². The minimum atomic E-state index is -0.390.